The van der Waals surface area contributed by atoms with Crippen LogP contribution in [0.1, 0.15) is 18.8 Å². The molecule has 11 heteroatoms. The summed E-state index contributed by atoms with van der Waals surface area (Å²) < 4.78 is 11.7. The molecule has 158 valence electrons. The largest absolute Gasteiger partial charge is 0.456 e. The zero-order valence-corrected chi connectivity index (χ0v) is 17.0. The zero-order chi connectivity index (χ0) is 22.0. The average Bonchev–Trinajstić information content (AvgIpc) is 3.08. The van der Waals surface area contributed by atoms with Gasteiger partial charge in [-0.1, -0.05) is 23.7 Å². The van der Waals surface area contributed by atoms with E-state index < -0.39 is 17.8 Å². The third kappa shape index (κ3) is 4.48. The zero-order valence-electron chi connectivity index (χ0n) is 16.3. The highest BCUT2D eigenvalue weighted by Crippen LogP contribution is 2.19. The number of carbonyl (C=O) groups is 1. The molecule has 0 saturated heterocycles. The van der Waals surface area contributed by atoms with Crippen molar-refractivity contribution in [3.63, 3.8) is 0 Å². The Kier molecular flexibility index (Phi) is 5.54. The van der Waals surface area contributed by atoms with Crippen LogP contribution < -0.4 is 16.8 Å². The van der Waals surface area contributed by atoms with Gasteiger partial charge in [0.25, 0.3) is 0 Å². The van der Waals surface area contributed by atoms with Gasteiger partial charge < -0.3 is 20.2 Å². The molecule has 0 aliphatic carbocycles. The van der Waals surface area contributed by atoms with Crippen molar-refractivity contribution >= 4 is 46.3 Å². The number of hydrogen-bond acceptors (Lipinski definition) is 9. The van der Waals surface area contributed by atoms with Gasteiger partial charge in [0.05, 0.1) is 5.52 Å². The van der Waals surface area contributed by atoms with Crippen LogP contribution in [0.5, 0.6) is 0 Å². The number of esters is 1. The summed E-state index contributed by atoms with van der Waals surface area (Å²) in [6.45, 7) is 1.29. The van der Waals surface area contributed by atoms with Crippen molar-refractivity contribution < 1.29 is 13.9 Å². The number of halogens is 1. The number of rotatable bonds is 6. The lowest BCUT2D eigenvalue weighted by Gasteiger charge is -2.12. The van der Waals surface area contributed by atoms with E-state index in [1.165, 1.54) is 4.57 Å². The van der Waals surface area contributed by atoms with E-state index in [2.05, 4.69) is 20.3 Å². The van der Waals surface area contributed by atoms with Crippen LogP contribution in [0.25, 0.3) is 11.1 Å². The van der Waals surface area contributed by atoms with Crippen molar-refractivity contribution in [3.8, 4) is 0 Å². The standard InChI is InChI=1S/C20H17ClN6O4/c1-11(27-14-4-2-3-5-15(14)31-20(27)29)17(28)30-10-16-24-18(22)26-19(25-16)23-13-8-6-12(21)7-9-13/h2-9,11H,10H2,1H3,(H3,22,23,24,25,26)/t11-/m0/s1. The maximum Gasteiger partial charge on any atom is 0.420 e. The van der Waals surface area contributed by atoms with Gasteiger partial charge in [-0.05, 0) is 43.3 Å². The maximum atomic E-state index is 12.5. The summed E-state index contributed by atoms with van der Waals surface area (Å²) in [5, 5.41) is 3.56. The molecular weight excluding hydrogens is 424 g/mol. The van der Waals surface area contributed by atoms with Crippen molar-refractivity contribution in [2.45, 2.75) is 19.6 Å². The number of nitrogens with one attached hydrogen (secondary N) is 1. The minimum atomic E-state index is -0.915. The van der Waals surface area contributed by atoms with Crippen molar-refractivity contribution in [2.75, 3.05) is 11.1 Å². The predicted octanol–water partition coefficient (Wildman–Crippen LogP) is 3.06. The molecule has 2 aromatic heterocycles. The average molecular weight is 441 g/mol. The van der Waals surface area contributed by atoms with E-state index in [4.69, 9.17) is 26.5 Å². The molecule has 3 N–H and O–H groups in total. The number of benzene rings is 2. The van der Waals surface area contributed by atoms with Crippen LogP contribution in [0.2, 0.25) is 5.02 Å². The fraction of sp³-hybridized carbons (Fsp3) is 0.150. The number of para-hydroxylation sites is 2. The smallest absolute Gasteiger partial charge is 0.420 e. The summed E-state index contributed by atoms with van der Waals surface area (Å²) in [4.78, 5) is 36.9. The van der Waals surface area contributed by atoms with E-state index in [9.17, 15) is 9.59 Å². The Labute approximate surface area is 180 Å². The van der Waals surface area contributed by atoms with Gasteiger partial charge in [-0.25, -0.2) is 9.59 Å². The fourth-order valence-corrected chi connectivity index (χ4v) is 3.06. The molecule has 0 bridgehead atoms. The first kappa shape index (κ1) is 20.4. The predicted molar refractivity (Wildman–Crippen MR) is 114 cm³/mol. The van der Waals surface area contributed by atoms with Crippen LogP contribution in [0.15, 0.2) is 57.7 Å². The molecule has 0 aliphatic rings. The monoisotopic (exact) mass is 440 g/mol. The van der Waals surface area contributed by atoms with E-state index in [0.29, 0.717) is 21.8 Å². The Bertz CT molecular complexity index is 1300. The Hall–Kier alpha value is -3.92. The van der Waals surface area contributed by atoms with Crippen molar-refractivity contribution in [3.05, 3.63) is 69.9 Å². The van der Waals surface area contributed by atoms with E-state index in [1.807, 2.05) is 0 Å². The molecule has 10 nitrogen and oxygen atoms in total. The lowest BCUT2D eigenvalue weighted by atomic mass is 10.3. The Morgan fingerprint density at radius 3 is 2.71 bits per heavy atom. The number of oxazole rings is 1. The van der Waals surface area contributed by atoms with Gasteiger partial charge in [0.1, 0.15) is 6.04 Å². The SMILES string of the molecule is C[C@@H](C(=O)OCc1nc(N)nc(Nc2ccc(Cl)cc2)n1)n1c(=O)oc2ccccc21. The second-order valence-electron chi connectivity index (χ2n) is 6.55. The van der Waals surface area contributed by atoms with Crippen molar-refractivity contribution in [1.82, 2.24) is 19.5 Å². The van der Waals surface area contributed by atoms with Gasteiger partial charge in [0.15, 0.2) is 18.0 Å². The minimum absolute atomic E-state index is 0.0393. The van der Waals surface area contributed by atoms with Crippen LogP contribution in [0.4, 0.5) is 17.6 Å². The van der Waals surface area contributed by atoms with Crippen LogP contribution in [0, 0.1) is 0 Å². The molecule has 0 aliphatic heterocycles. The molecule has 31 heavy (non-hydrogen) atoms. The summed E-state index contributed by atoms with van der Waals surface area (Å²) in [7, 11) is 0. The van der Waals surface area contributed by atoms with E-state index in [1.54, 1.807) is 55.5 Å². The maximum absolute atomic E-state index is 12.5. The molecule has 0 radical (unpaired) electrons. The lowest BCUT2D eigenvalue weighted by molar-refractivity contribution is -0.148. The number of anilines is 3. The minimum Gasteiger partial charge on any atom is -0.456 e. The molecule has 2 heterocycles. The molecular formula is C20H17ClN6O4. The van der Waals surface area contributed by atoms with E-state index in [0.717, 1.165) is 0 Å². The van der Waals surface area contributed by atoms with Crippen LogP contribution in [-0.2, 0) is 16.1 Å². The molecule has 0 unspecified atom stereocenters. The highest BCUT2D eigenvalue weighted by Gasteiger charge is 2.23. The number of nitrogens with two attached hydrogens (primary N) is 1. The van der Waals surface area contributed by atoms with E-state index in [-0.39, 0.29) is 24.3 Å². The molecule has 0 fully saturated rings. The van der Waals surface area contributed by atoms with Gasteiger partial charge in [-0.3, -0.25) is 4.57 Å². The highest BCUT2D eigenvalue weighted by atomic mass is 35.5. The Morgan fingerprint density at radius 1 is 1.19 bits per heavy atom. The second-order valence-corrected chi connectivity index (χ2v) is 6.99. The molecule has 1 atom stereocenters. The number of hydrogen-bond donors (Lipinski definition) is 2. The van der Waals surface area contributed by atoms with Gasteiger partial charge in [0.2, 0.25) is 11.9 Å². The topological polar surface area (TPSA) is 138 Å². The summed E-state index contributed by atoms with van der Waals surface area (Å²) in [6.07, 6.45) is 0. The normalized spacial score (nSPS) is 11.9. The van der Waals surface area contributed by atoms with Crippen LogP contribution >= 0.6 is 11.6 Å². The first-order valence-electron chi connectivity index (χ1n) is 9.20. The van der Waals surface area contributed by atoms with Gasteiger partial charge in [0, 0.05) is 10.7 Å². The quantitative estimate of drug-likeness (QED) is 0.433. The molecule has 0 amide bonds. The van der Waals surface area contributed by atoms with Gasteiger partial charge in [-0.15, -0.1) is 0 Å². The Balaban J connectivity index is 1.47. The van der Waals surface area contributed by atoms with Gasteiger partial charge in [-0.2, -0.15) is 15.0 Å². The third-order valence-corrected chi connectivity index (χ3v) is 4.64. The summed E-state index contributed by atoms with van der Waals surface area (Å²) in [5.41, 5.74) is 7.31. The summed E-state index contributed by atoms with van der Waals surface area (Å²) in [5.74, 6) is -1.01. The number of ether oxygens (including phenoxy) is 1. The fourth-order valence-electron chi connectivity index (χ4n) is 2.93. The summed E-state index contributed by atoms with van der Waals surface area (Å²) >= 11 is 5.88. The third-order valence-electron chi connectivity index (χ3n) is 4.39. The lowest BCUT2D eigenvalue weighted by Crippen LogP contribution is -2.26. The number of carbonyl (C=O) groups excluding carboxylic acids is 1. The number of aromatic nitrogens is 4. The molecule has 4 aromatic rings. The van der Waals surface area contributed by atoms with E-state index >= 15 is 0 Å². The summed E-state index contributed by atoms with van der Waals surface area (Å²) in [6, 6.07) is 12.8. The number of nitrogen functional groups attached to an aromatic ring is 1. The highest BCUT2D eigenvalue weighted by molar-refractivity contribution is 6.30. The molecule has 0 spiro atoms. The van der Waals surface area contributed by atoms with Crippen LogP contribution in [0.3, 0.4) is 0 Å². The molecule has 0 saturated carbocycles. The van der Waals surface area contributed by atoms with Crippen molar-refractivity contribution in [2.24, 2.45) is 0 Å². The second kappa shape index (κ2) is 8.44. The molecule has 2 aromatic carbocycles. The number of nitrogens with zero attached hydrogens (tertiary/aromatic N) is 4. The van der Waals surface area contributed by atoms with Crippen LogP contribution in [-0.4, -0.2) is 25.5 Å². The number of fused-ring (bicyclic) bond motifs is 1. The van der Waals surface area contributed by atoms with Crippen molar-refractivity contribution in [1.29, 1.82) is 0 Å². The molecule has 4 rings (SSSR count). The first-order valence-corrected chi connectivity index (χ1v) is 9.58. The Morgan fingerprint density at radius 2 is 1.94 bits per heavy atom. The van der Waals surface area contributed by atoms with Gasteiger partial charge >= 0.3 is 11.7 Å². The first-order chi connectivity index (χ1) is 14.9.